The van der Waals surface area contributed by atoms with Crippen LogP contribution in [0.5, 0.6) is 0 Å². The predicted molar refractivity (Wildman–Crippen MR) is 115 cm³/mol. The molecule has 0 aliphatic carbocycles. The monoisotopic (exact) mass is 476 g/mol. The number of fused-ring (bicyclic) bond motifs is 1. The Morgan fingerprint density at radius 3 is 2.29 bits per heavy atom. The lowest BCUT2D eigenvalue weighted by atomic mass is 9.76. The Morgan fingerprint density at radius 1 is 1.03 bits per heavy atom. The first kappa shape index (κ1) is 25.4. The average Bonchev–Trinajstić information content (AvgIpc) is 2.85. The first-order chi connectivity index (χ1) is 14.3. The summed E-state index contributed by atoms with van der Waals surface area (Å²) in [5.41, 5.74) is 1.95. The summed E-state index contributed by atoms with van der Waals surface area (Å²) in [6.07, 6.45) is 3.47. The van der Waals surface area contributed by atoms with Gasteiger partial charge in [-0.15, -0.1) is 0 Å². The van der Waals surface area contributed by atoms with Gasteiger partial charge in [0.15, 0.2) is 5.71 Å². The highest BCUT2D eigenvalue weighted by atomic mass is 32.2. The Morgan fingerprint density at radius 2 is 1.71 bits per heavy atom. The SMILES string of the molecule is CC1=[N+](CCCCCC(=O)O)c2ccc(S(=O)(=O)O)cc2C1(C)CCCCS(=O)(=O)O. The van der Waals surface area contributed by atoms with E-state index >= 15 is 0 Å². The molecule has 1 atom stereocenters. The minimum atomic E-state index is -4.38. The van der Waals surface area contributed by atoms with Gasteiger partial charge in [0.25, 0.3) is 20.2 Å². The maximum Gasteiger partial charge on any atom is 0.303 e. The molecule has 1 aromatic carbocycles. The van der Waals surface area contributed by atoms with Crippen LogP contribution in [0, 0.1) is 0 Å². The molecule has 0 saturated carbocycles. The highest BCUT2D eigenvalue weighted by molar-refractivity contribution is 7.86. The molecule has 174 valence electrons. The van der Waals surface area contributed by atoms with Crippen LogP contribution in [0.4, 0.5) is 5.69 Å². The smallest absolute Gasteiger partial charge is 0.303 e. The van der Waals surface area contributed by atoms with E-state index in [0.29, 0.717) is 25.8 Å². The zero-order chi connectivity index (χ0) is 23.4. The molecule has 3 N–H and O–H groups in total. The summed E-state index contributed by atoms with van der Waals surface area (Å²) in [5, 5.41) is 8.77. The number of unbranched alkanes of at least 4 members (excludes halogenated alkanes) is 3. The maximum absolute atomic E-state index is 11.7. The van der Waals surface area contributed by atoms with Crippen molar-refractivity contribution in [3.05, 3.63) is 23.8 Å². The van der Waals surface area contributed by atoms with Crippen LogP contribution in [0.25, 0.3) is 0 Å². The van der Waals surface area contributed by atoms with Gasteiger partial charge in [-0.1, -0.05) is 6.42 Å². The number of aliphatic carboxylic acids is 1. The zero-order valence-corrected chi connectivity index (χ0v) is 19.4. The van der Waals surface area contributed by atoms with E-state index < -0.39 is 31.6 Å². The summed E-state index contributed by atoms with van der Waals surface area (Å²) < 4.78 is 65.9. The van der Waals surface area contributed by atoms with E-state index in [2.05, 4.69) is 4.58 Å². The highest BCUT2D eigenvalue weighted by Crippen LogP contribution is 2.44. The molecule has 1 unspecified atom stereocenters. The molecule has 0 spiro atoms. The fourth-order valence-electron chi connectivity index (χ4n) is 4.12. The van der Waals surface area contributed by atoms with Gasteiger partial charge in [0.1, 0.15) is 6.54 Å². The summed E-state index contributed by atoms with van der Waals surface area (Å²) in [4.78, 5) is 10.5. The standard InChI is InChI=1S/C20H29NO8S2/c1-15-20(2,11-5-7-13-30(24,25)26)17-14-16(31(27,28)29)9-10-18(17)21(15)12-6-3-4-8-19(22)23/h9-10,14H,3-8,11-13H2,1-2H3,(H2-,22,23,24,25,26,27,28,29)/p+1. The molecule has 1 aliphatic heterocycles. The van der Waals surface area contributed by atoms with Crippen LogP contribution < -0.4 is 0 Å². The van der Waals surface area contributed by atoms with Crippen LogP contribution >= 0.6 is 0 Å². The molecule has 0 fully saturated rings. The number of carboxylic acids is 1. The molecule has 0 amide bonds. The summed E-state index contributed by atoms with van der Waals surface area (Å²) in [6.45, 7) is 4.52. The third-order valence-corrected chi connectivity index (χ3v) is 7.61. The molecular weight excluding hydrogens is 446 g/mol. The van der Waals surface area contributed by atoms with E-state index in [4.69, 9.17) is 9.66 Å². The topological polar surface area (TPSA) is 149 Å². The van der Waals surface area contributed by atoms with Gasteiger partial charge in [-0.25, -0.2) is 0 Å². The number of nitrogens with zero attached hydrogens (tertiary/aromatic N) is 1. The minimum Gasteiger partial charge on any atom is -0.481 e. The summed E-state index contributed by atoms with van der Waals surface area (Å²) >= 11 is 0. The molecule has 1 aliphatic rings. The first-order valence-corrected chi connectivity index (χ1v) is 13.2. The van der Waals surface area contributed by atoms with Crippen LogP contribution in [-0.4, -0.2) is 59.6 Å². The minimum absolute atomic E-state index is 0.114. The lowest BCUT2D eigenvalue weighted by molar-refractivity contribution is -0.439. The number of benzene rings is 1. The summed E-state index contributed by atoms with van der Waals surface area (Å²) in [5.74, 6) is -1.17. The maximum atomic E-state index is 11.7. The number of rotatable bonds is 12. The van der Waals surface area contributed by atoms with Gasteiger partial charge in [-0.3, -0.25) is 13.9 Å². The quantitative estimate of drug-likeness (QED) is 0.237. The number of carboxylic acid groups (broad SMARTS) is 1. The van der Waals surface area contributed by atoms with Crippen molar-refractivity contribution in [3.8, 4) is 0 Å². The molecule has 0 radical (unpaired) electrons. The van der Waals surface area contributed by atoms with E-state index in [0.717, 1.165) is 29.8 Å². The third-order valence-electron chi connectivity index (χ3n) is 5.96. The third kappa shape index (κ3) is 6.58. The van der Waals surface area contributed by atoms with Crippen LogP contribution in [0.1, 0.15) is 64.4 Å². The van der Waals surface area contributed by atoms with E-state index in [1.165, 1.54) is 12.1 Å². The molecule has 0 saturated heterocycles. The van der Waals surface area contributed by atoms with E-state index in [-0.39, 0.29) is 23.5 Å². The highest BCUT2D eigenvalue weighted by Gasteiger charge is 2.46. The largest absolute Gasteiger partial charge is 0.481 e. The van der Waals surface area contributed by atoms with Crippen LogP contribution in [0.15, 0.2) is 23.1 Å². The van der Waals surface area contributed by atoms with Crippen molar-refractivity contribution in [2.75, 3.05) is 12.3 Å². The molecule has 31 heavy (non-hydrogen) atoms. The van der Waals surface area contributed by atoms with Gasteiger partial charge in [-0.2, -0.15) is 21.4 Å². The van der Waals surface area contributed by atoms with Gasteiger partial charge in [0.2, 0.25) is 5.69 Å². The Bertz CT molecular complexity index is 1080. The van der Waals surface area contributed by atoms with Gasteiger partial charge in [-0.05, 0) is 44.7 Å². The number of hydrogen-bond acceptors (Lipinski definition) is 5. The molecule has 1 aromatic rings. The first-order valence-electron chi connectivity index (χ1n) is 10.2. The van der Waals surface area contributed by atoms with Crippen LogP contribution in [-0.2, 0) is 30.4 Å². The summed E-state index contributed by atoms with van der Waals surface area (Å²) in [6, 6.07) is 4.47. The van der Waals surface area contributed by atoms with E-state index in [9.17, 15) is 26.2 Å². The number of carbonyl (C=O) groups is 1. The molecule has 1 heterocycles. The Kier molecular flexibility index (Phi) is 8.01. The average molecular weight is 477 g/mol. The van der Waals surface area contributed by atoms with Gasteiger partial charge < -0.3 is 5.11 Å². The van der Waals surface area contributed by atoms with Gasteiger partial charge in [0.05, 0.1) is 16.1 Å². The van der Waals surface area contributed by atoms with Crippen molar-refractivity contribution >= 4 is 37.6 Å². The second-order valence-corrected chi connectivity index (χ2v) is 11.2. The molecule has 2 rings (SSSR count). The predicted octanol–water partition coefficient (Wildman–Crippen LogP) is 3.01. The second kappa shape index (κ2) is 9.76. The Balaban J connectivity index is 2.29. The molecular formula is C20H30NO8S2+. The second-order valence-electron chi connectivity index (χ2n) is 8.17. The normalized spacial score (nSPS) is 19.0. The van der Waals surface area contributed by atoms with Crippen molar-refractivity contribution in [1.82, 2.24) is 0 Å². The van der Waals surface area contributed by atoms with Crippen molar-refractivity contribution in [2.45, 2.75) is 69.1 Å². The van der Waals surface area contributed by atoms with Crippen LogP contribution in [0.2, 0.25) is 0 Å². The number of hydrogen-bond donors (Lipinski definition) is 3. The Labute approximate surface area is 183 Å². The zero-order valence-electron chi connectivity index (χ0n) is 17.7. The molecule has 9 nitrogen and oxygen atoms in total. The lowest BCUT2D eigenvalue weighted by Crippen LogP contribution is -2.30. The molecule has 0 bridgehead atoms. The van der Waals surface area contributed by atoms with Crippen molar-refractivity contribution in [1.29, 1.82) is 0 Å². The fourth-order valence-corrected chi connectivity index (χ4v) is 5.19. The van der Waals surface area contributed by atoms with Crippen molar-refractivity contribution in [2.24, 2.45) is 0 Å². The Hall–Kier alpha value is -1.82. The van der Waals surface area contributed by atoms with Crippen molar-refractivity contribution in [3.63, 3.8) is 0 Å². The van der Waals surface area contributed by atoms with E-state index in [1.54, 1.807) is 6.07 Å². The summed E-state index contributed by atoms with van der Waals surface area (Å²) in [7, 11) is -8.43. The fraction of sp³-hybridized carbons (Fsp3) is 0.600. The van der Waals surface area contributed by atoms with Gasteiger partial charge in [0, 0.05) is 31.4 Å². The van der Waals surface area contributed by atoms with Gasteiger partial charge >= 0.3 is 5.97 Å². The van der Waals surface area contributed by atoms with Crippen LogP contribution in [0.3, 0.4) is 0 Å². The molecule has 11 heteroatoms. The molecule has 0 aromatic heterocycles. The van der Waals surface area contributed by atoms with Crippen molar-refractivity contribution < 1.29 is 40.4 Å². The lowest BCUT2D eigenvalue weighted by Gasteiger charge is -2.22. The van der Waals surface area contributed by atoms with E-state index in [1.807, 2.05) is 13.8 Å².